The number of hydrogen-bond acceptors (Lipinski definition) is 4. The summed E-state index contributed by atoms with van der Waals surface area (Å²) in [6, 6.07) is 10.7. The molecule has 0 amide bonds. The van der Waals surface area contributed by atoms with Crippen molar-refractivity contribution in [1.82, 2.24) is 14.6 Å². The Morgan fingerprint density at radius 1 is 1.19 bits per heavy atom. The fourth-order valence-corrected chi connectivity index (χ4v) is 3.68. The summed E-state index contributed by atoms with van der Waals surface area (Å²) in [4.78, 5) is 0. The molecule has 5 nitrogen and oxygen atoms in total. The Morgan fingerprint density at radius 3 is 2.74 bits per heavy atom. The molecule has 1 unspecified atom stereocenters. The number of hydrogen-bond donors (Lipinski definition) is 0. The van der Waals surface area contributed by atoms with E-state index in [1.165, 1.54) is 25.0 Å². The Morgan fingerprint density at radius 2 is 2.00 bits per heavy atom. The Bertz CT molecular complexity index is 1030. The van der Waals surface area contributed by atoms with Crippen molar-refractivity contribution >= 4 is 5.65 Å². The summed E-state index contributed by atoms with van der Waals surface area (Å²) in [5, 5.41) is 18.1. The predicted octanol–water partition coefficient (Wildman–Crippen LogP) is 3.88. The van der Waals surface area contributed by atoms with E-state index in [2.05, 4.69) is 16.3 Å². The zero-order valence-corrected chi connectivity index (χ0v) is 14.8. The Hall–Kier alpha value is -2.94. The number of pyridine rings is 1. The maximum absolute atomic E-state index is 13.1. The van der Waals surface area contributed by atoms with Crippen LogP contribution < -0.4 is 4.74 Å². The van der Waals surface area contributed by atoms with Gasteiger partial charge >= 0.3 is 0 Å². The summed E-state index contributed by atoms with van der Waals surface area (Å²) in [7, 11) is 0. The highest BCUT2D eigenvalue weighted by atomic mass is 19.1. The predicted molar refractivity (Wildman–Crippen MR) is 96.9 cm³/mol. The van der Waals surface area contributed by atoms with E-state index in [4.69, 9.17) is 4.74 Å². The second-order valence-electron chi connectivity index (χ2n) is 7.59. The van der Waals surface area contributed by atoms with Gasteiger partial charge in [-0.05, 0) is 54.9 Å². The van der Waals surface area contributed by atoms with Crippen LogP contribution in [0, 0.1) is 29.0 Å². The molecule has 2 fully saturated rings. The normalized spacial score (nSPS) is 21.2. The summed E-state index contributed by atoms with van der Waals surface area (Å²) in [6.45, 7) is 0.538. The molecule has 0 N–H and O–H groups in total. The van der Waals surface area contributed by atoms with Crippen LogP contribution in [0.15, 0.2) is 36.5 Å². The number of aromatic nitrogens is 3. The van der Waals surface area contributed by atoms with Gasteiger partial charge in [0.15, 0.2) is 5.65 Å². The highest BCUT2D eigenvalue weighted by Gasteiger charge is 2.39. The smallest absolute Gasteiger partial charge is 0.182 e. The number of nitrogens with zero attached hydrogens (tertiary/aromatic N) is 4. The molecule has 2 heterocycles. The number of rotatable bonds is 6. The molecule has 136 valence electrons. The van der Waals surface area contributed by atoms with Crippen molar-refractivity contribution in [1.29, 1.82) is 5.26 Å². The molecule has 27 heavy (non-hydrogen) atoms. The number of halogens is 1. The fraction of sp³-hybridized carbons (Fsp3) is 0.381. The first-order valence-electron chi connectivity index (χ1n) is 9.38. The van der Waals surface area contributed by atoms with Gasteiger partial charge in [-0.15, -0.1) is 10.2 Å². The van der Waals surface area contributed by atoms with E-state index in [1.54, 1.807) is 0 Å². The van der Waals surface area contributed by atoms with E-state index in [0.717, 1.165) is 24.2 Å². The van der Waals surface area contributed by atoms with Gasteiger partial charge in [0.25, 0.3) is 0 Å². The molecule has 2 aliphatic rings. The fourth-order valence-electron chi connectivity index (χ4n) is 3.68. The standard InChI is InChI=1S/C21H19FN4O/c22-16-5-3-14(4-6-16)17-10-15(17)12-27-19-7-8-26-20(9-13-1-2-13)24-25-21(26)18(19)11-23/h3-8,13,15,17H,1-2,9-10,12H2/t15?,17-/m0/s1. The molecule has 0 spiro atoms. The monoisotopic (exact) mass is 362 g/mol. The quantitative estimate of drug-likeness (QED) is 0.668. The van der Waals surface area contributed by atoms with Gasteiger partial charge in [0, 0.05) is 18.5 Å². The van der Waals surface area contributed by atoms with E-state index in [9.17, 15) is 9.65 Å². The van der Waals surface area contributed by atoms with Gasteiger partial charge in [0.2, 0.25) is 0 Å². The van der Waals surface area contributed by atoms with E-state index < -0.39 is 0 Å². The Labute approximate surface area is 156 Å². The summed E-state index contributed by atoms with van der Waals surface area (Å²) < 4.78 is 20.9. The van der Waals surface area contributed by atoms with Gasteiger partial charge in [-0.3, -0.25) is 4.40 Å². The maximum Gasteiger partial charge on any atom is 0.182 e. The van der Waals surface area contributed by atoms with Crippen molar-refractivity contribution in [3.63, 3.8) is 0 Å². The molecule has 0 aliphatic heterocycles. The van der Waals surface area contributed by atoms with Gasteiger partial charge in [-0.25, -0.2) is 4.39 Å². The van der Waals surface area contributed by atoms with Crippen LogP contribution >= 0.6 is 0 Å². The van der Waals surface area contributed by atoms with Crippen molar-refractivity contribution in [3.05, 3.63) is 59.3 Å². The molecular weight excluding hydrogens is 343 g/mol. The summed E-state index contributed by atoms with van der Waals surface area (Å²) in [5.74, 6) is 2.75. The van der Waals surface area contributed by atoms with Crippen LogP contribution in [0.3, 0.4) is 0 Å². The van der Waals surface area contributed by atoms with Crippen LogP contribution in [-0.2, 0) is 6.42 Å². The highest BCUT2D eigenvalue weighted by Crippen LogP contribution is 2.47. The highest BCUT2D eigenvalue weighted by molar-refractivity contribution is 5.61. The second-order valence-corrected chi connectivity index (χ2v) is 7.59. The van der Waals surface area contributed by atoms with Crippen LogP contribution in [0.4, 0.5) is 4.39 Å². The van der Waals surface area contributed by atoms with Crippen LogP contribution in [0.2, 0.25) is 0 Å². The van der Waals surface area contributed by atoms with Crippen molar-refractivity contribution < 1.29 is 9.13 Å². The molecule has 2 aliphatic carbocycles. The molecule has 0 bridgehead atoms. The van der Waals surface area contributed by atoms with Crippen LogP contribution in [-0.4, -0.2) is 21.2 Å². The SMILES string of the molecule is N#Cc1c(OCC2C[C@H]2c2ccc(F)cc2)ccn2c(CC3CC3)nnc12. The molecule has 3 aromatic rings. The first kappa shape index (κ1) is 16.2. The molecule has 1 aromatic carbocycles. The lowest BCUT2D eigenvalue weighted by atomic mass is 10.1. The molecule has 6 heteroatoms. The number of fused-ring (bicyclic) bond motifs is 1. The van der Waals surface area contributed by atoms with Gasteiger partial charge in [0.05, 0.1) is 6.61 Å². The third-order valence-electron chi connectivity index (χ3n) is 5.57. The minimum atomic E-state index is -0.214. The molecule has 2 atom stereocenters. The van der Waals surface area contributed by atoms with E-state index >= 15 is 0 Å². The number of benzene rings is 1. The first-order valence-corrected chi connectivity index (χ1v) is 9.38. The Kier molecular flexibility index (Phi) is 3.82. The summed E-state index contributed by atoms with van der Waals surface area (Å²) in [5.41, 5.74) is 2.14. The lowest BCUT2D eigenvalue weighted by molar-refractivity contribution is 0.296. The molecule has 2 saturated carbocycles. The largest absolute Gasteiger partial charge is 0.492 e. The molecular formula is C21H19FN4O. The van der Waals surface area contributed by atoms with Gasteiger partial charge in [0.1, 0.15) is 29.0 Å². The van der Waals surface area contributed by atoms with E-state index in [-0.39, 0.29) is 5.82 Å². The van der Waals surface area contributed by atoms with Crippen molar-refractivity contribution in [2.75, 3.05) is 6.61 Å². The molecule has 0 saturated heterocycles. The third-order valence-corrected chi connectivity index (χ3v) is 5.57. The number of nitriles is 1. The minimum absolute atomic E-state index is 0.214. The van der Waals surface area contributed by atoms with Gasteiger partial charge in [-0.1, -0.05) is 12.1 Å². The van der Waals surface area contributed by atoms with Crippen molar-refractivity contribution in [2.45, 2.75) is 31.6 Å². The first-order chi connectivity index (χ1) is 13.2. The topological polar surface area (TPSA) is 63.2 Å². The van der Waals surface area contributed by atoms with Crippen molar-refractivity contribution in [2.24, 2.45) is 11.8 Å². The van der Waals surface area contributed by atoms with Crippen LogP contribution in [0.25, 0.3) is 5.65 Å². The van der Waals surface area contributed by atoms with E-state index in [0.29, 0.717) is 41.3 Å². The van der Waals surface area contributed by atoms with Gasteiger partial charge < -0.3 is 4.74 Å². The zero-order chi connectivity index (χ0) is 18.4. The van der Waals surface area contributed by atoms with E-state index in [1.807, 2.05) is 28.8 Å². The minimum Gasteiger partial charge on any atom is -0.492 e. The van der Waals surface area contributed by atoms with Crippen LogP contribution in [0.1, 0.15) is 42.1 Å². The summed E-state index contributed by atoms with van der Waals surface area (Å²) >= 11 is 0. The molecule has 2 aromatic heterocycles. The molecule has 5 rings (SSSR count). The average Bonchev–Trinajstić information content (AvgIpc) is 3.59. The van der Waals surface area contributed by atoms with Crippen LogP contribution in [0.5, 0.6) is 5.75 Å². The molecule has 0 radical (unpaired) electrons. The Balaban J connectivity index is 1.30. The van der Waals surface area contributed by atoms with Crippen molar-refractivity contribution in [3.8, 4) is 11.8 Å². The summed E-state index contributed by atoms with van der Waals surface area (Å²) in [6.07, 6.45) is 6.32. The average molecular weight is 362 g/mol. The third kappa shape index (κ3) is 3.14. The lowest BCUT2D eigenvalue weighted by Crippen LogP contribution is -2.04. The second kappa shape index (κ2) is 6.34. The lowest BCUT2D eigenvalue weighted by Gasteiger charge is -2.09. The maximum atomic E-state index is 13.1. The van der Waals surface area contributed by atoms with Gasteiger partial charge in [-0.2, -0.15) is 5.26 Å². The zero-order valence-electron chi connectivity index (χ0n) is 14.8. The number of ether oxygens (including phenoxy) is 1.